The third-order valence-electron chi connectivity index (χ3n) is 4.35. The first-order valence-electron chi connectivity index (χ1n) is 9.40. The van der Waals surface area contributed by atoms with Gasteiger partial charge in [-0.2, -0.15) is 0 Å². The highest BCUT2D eigenvalue weighted by Gasteiger charge is 2.15. The van der Waals surface area contributed by atoms with E-state index in [9.17, 15) is 9.59 Å². The number of esters is 1. The summed E-state index contributed by atoms with van der Waals surface area (Å²) in [6.45, 7) is -0.234. The lowest BCUT2D eigenvalue weighted by Gasteiger charge is -2.07. The zero-order valence-electron chi connectivity index (χ0n) is 16.0. The molecular formula is C24H19NO5. The molecule has 150 valence electrons. The zero-order chi connectivity index (χ0) is 20.8. The van der Waals surface area contributed by atoms with Gasteiger partial charge in [0.2, 0.25) is 5.76 Å². The molecule has 0 saturated heterocycles. The van der Waals surface area contributed by atoms with E-state index in [2.05, 4.69) is 5.32 Å². The van der Waals surface area contributed by atoms with Crippen molar-refractivity contribution in [3.63, 3.8) is 0 Å². The first-order valence-corrected chi connectivity index (χ1v) is 9.40. The average molecular weight is 401 g/mol. The molecule has 0 aliphatic rings. The van der Waals surface area contributed by atoms with Crippen molar-refractivity contribution in [2.45, 2.75) is 6.61 Å². The van der Waals surface area contributed by atoms with Gasteiger partial charge in [0, 0.05) is 5.69 Å². The maximum atomic E-state index is 12.1. The number of anilines is 1. The van der Waals surface area contributed by atoms with E-state index in [1.54, 1.807) is 12.1 Å². The van der Waals surface area contributed by atoms with Gasteiger partial charge < -0.3 is 19.2 Å². The number of fused-ring (bicyclic) bond motifs is 1. The number of benzene rings is 3. The Morgan fingerprint density at radius 3 is 2.43 bits per heavy atom. The van der Waals surface area contributed by atoms with Crippen LogP contribution in [-0.4, -0.2) is 18.5 Å². The Bertz CT molecular complexity index is 1170. The number of nitrogens with one attached hydrogen (secondary N) is 1. The van der Waals surface area contributed by atoms with Crippen LogP contribution in [0.1, 0.15) is 16.3 Å². The van der Waals surface area contributed by atoms with Crippen LogP contribution in [0.4, 0.5) is 5.69 Å². The van der Waals surface area contributed by atoms with E-state index in [0.717, 1.165) is 10.8 Å². The molecule has 6 nitrogen and oxygen atoms in total. The van der Waals surface area contributed by atoms with Crippen LogP contribution in [0.2, 0.25) is 0 Å². The van der Waals surface area contributed by atoms with E-state index in [4.69, 9.17) is 13.9 Å². The highest BCUT2D eigenvalue weighted by molar-refractivity contribution is 5.96. The van der Waals surface area contributed by atoms with Crippen molar-refractivity contribution in [2.24, 2.45) is 0 Å². The van der Waals surface area contributed by atoms with Gasteiger partial charge in [0.25, 0.3) is 5.91 Å². The third-order valence-corrected chi connectivity index (χ3v) is 4.35. The molecule has 4 rings (SSSR count). The number of furan rings is 1. The van der Waals surface area contributed by atoms with Gasteiger partial charge in [0.1, 0.15) is 18.1 Å². The number of ether oxygens (including phenoxy) is 2. The van der Waals surface area contributed by atoms with E-state index in [1.165, 1.54) is 6.07 Å². The molecule has 1 aromatic heterocycles. The Morgan fingerprint density at radius 1 is 0.833 bits per heavy atom. The standard InChI is InChI=1S/C24H19NO5/c26-23(25-19-11-10-17-6-4-5-7-18(17)14-19)16-29-24(27)22-13-12-21(30-22)15-28-20-8-2-1-3-9-20/h1-14H,15-16H2,(H,25,26). The van der Waals surface area contributed by atoms with Gasteiger partial charge in [0.15, 0.2) is 6.61 Å². The molecule has 3 aromatic carbocycles. The SMILES string of the molecule is O=C(COC(=O)c1ccc(COc2ccccc2)o1)Nc1ccc2ccccc2c1. The highest BCUT2D eigenvalue weighted by Crippen LogP contribution is 2.19. The number of carbonyl (C=O) groups excluding carboxylic acids is 2. The average Bonchev–Trinajstić information content (AvgIpc) is 3.26. The Labute approximate surface area is 173 Å². The van der Waals surface area contributed by atoms with Crippen LogP contribution < -0.4 is 10.1 Å². The summed E-state index contributed by atoms with van der Waals surface area (Å²) >= 11 is 0. The fourth-order valence-corrected chi connectivity index (χ4v) is 2.90. The van der Waals surface area contributed by atoms with E-state index >= 15 is 0 Å². The van der Waals surface area contributed by atoms with Crippen LogP contribution in [-0.2, 0) is 16.1 Å². The fourth-order valence-electron chi connectivity index (χ4n) is 2.90. The van der Waals surface area contributed by atoms with Gasteiger partial charge in [0.05, 0.1) is 0 Å². The van der Waals surface area contributed by atoms with Crippen LogP contribution in [0.3, 0.4) is 0 Å². The molecule has 0 atom stereocenters. The van der Waals surface area contributed by atoms with E-state index in [-0.39, 0.29) is 12.4 Å². The molecule has 30 heavy (non-hydrogen) atoms. The minimum atomic E-state index is -0.713. The van der Waals surface area contributed by atoms with Gasteiger partial charge in [-0.1, -0.05) is 48.5 Å². The summed E-state index contributed by atoms with van der Waals surface area (Å²) in [5, 5.41) is 4.80. The molecule has 1 amide bonds. The lowest BCUT2D eigenvalue weighted by Crippen LogP contribution is -2.20. The smallest absolute Gasteiger partial charge is 0.374 e. The minimum absolute atomic E-state index is 0.0140. The third kappa shape index (κ3) is 4.86. The monoisotopic (exact) mass is 401 g/mol. The number of para-hydroxylation sites is 1. The summed E-state index contributed by atoms with van der Waals surface area (Å²) in [6.07, 6.45) is 0. The van der Waals surface area contributed by atoms with Gasteiger partial charge in [-0.05, 0) is 47.2 Å². The van der Waals surface area contributed by atoms with Crippen molar-refractivity contribution in [2.75, 3.05) is 11.9 Å². The topological polar surface area (TPSA) is 77.8 Å². The van der Waals surface area contributed by atoms with Crippen molar-refractivity contribution in [1.82, 2.24) is 0 Å². The molecular weight excluding hydrogens is 382 g/mol. The molecule has 0 aliphatic carbocycles. The molecule has 4 aromatic rings. The molecule has 0 unspecified atom stereocenters. The quantitative estimate of drug-likeness (QED) is 0.450. The maximum Gasteiger partial charge on any atom is 0.374 e. The van der Waals surface area contributed by atoms with Gasteiger partial charge in [-0.25, -0.2) is 4.79 Å². The number of amides is 1. The van der Waals surface area contributed by atoms with E-state index in [0.29, 0.717) is 17.2 Å². The largest absolute Gasteiger partial charge is 0.486 e. The van der Waals surface area contributed by atoms with Gasteiger partial charge in [-0.3, -0.25) is 4.79 Å². The molecule has 0 spiro atoms. The zero-order valence-corrected chi connectivity index (χ0v) is 16.0. The fraction of sp³-hybridized carbons (Fsp3) is 0.0833. The Hall–Kier alpha value is -4.06. The molecule has 6 heteroatoms. The Morgan fingerprint density at radius 2 is 1.60 bits per heavy atom. The van der Waals surface area contributed by atoms with Crippen LogP contribution in [0.5, 0.6) is 5.75 Å². The molecule has 0 radical (unpaired) electrons. The predicted octanol–water partition coefficient (Wildman–Crippen LogP) is 4.81. The normalized spacial score (nSPS) is 10.5. The second-order valence-corrected chi connectivity index (χ2v) is 6.55. The van der Waals surface area contributed by atoms with E-state index < -0.39 is 18.5 Å². The lowest BCUT2D eigenvalue weighted by atomic mass is 10.1. The summed E-state index contributed by atoms with van der Waals surface area (Å²) in [5.41, 5.74) is 0.632. The second-order valence-electron chi connectivity index (χ2n) is 6.55. The van der Waals surface area contributed by atoms with Gasteiger partial charge in [-0.15, -0.1) is 0 Å². The summed E-state index contributed by atoms with van der Waals surface area (Å²) < 4.78 is 16.0. The van der Waals surface area contributed by atoms with E-state index in [1.807, 2.05) is 66.7 Å². The molecule has 0 fully saturated rings. The number of rotatable bonds is 7. The van der Waals surface area contributed by atoms with Crippen molar-refractivity contribution in [3.05, 3.63) is 96.4 Å². The number of hydrogen-bond acceptors (Lipinski definition) is 5. The summed E-state index contributed by atoms with van der Waals surface area (Å²) in [5.74, 6) is 0.0439. The second kappa shape index (κ2) is 8.96. The predicted molar refractivity (Wildman–Crippen MR) is 112 cm³/mol. The highest BCUT2D eigenvalue weighted by atomic mass is 16.6. The van der Waals surface area contributed by atoms with Crippen molar-refractivity contribution in [1.29, 1.82) is 0 Å². The van der Waals surface area contributed by atoms with Crippen LogP contribution in [0.15, 0.2) is 89.3 Å². The summed E-state index contributed by atoms with van der Waals surface area (Å²) in [6, 6.07) is 25.8. The molecule has 1 heterocycles. The summed E-state index contributed by atoms with van der Waals surface area (Å²) in [7, 11) is 0. The molecule has 0 bridgehead atoms. The Kier molecular flexibility index (Phi) is 5.75. The van der Waals surface area contributed by atoms with Crippen LogP contribution in [0.25, 0.3) is 10.8 Å². The van der Waals surface area contributed by atoms with Crippen molar-refractivity contribution >= 4 is 28.3 Å². The summed E-state index contributed by atoms with van der Waals surface area (Å²) in [4.78, 5) is 24.2. The lowest BCUT2D eigenvalue weighted by molar-refractivity contribution is -0.119. The van der Waals surface area contributed by atoms with Crippen molar-refractivity contribution < 1.29 is 23.5 Å². The maximum absolute atomic E-state index is 12.1. The van der Waals surface area contributed by atoms with Gasteiger partial charge >= 0.3 is 5.97 Å². The number of hydrogen-bond donors (Lipinski definition) is 1. The first-order chi connectivity index (χ1) is 14.7. The number of carbonyl (C=O) groups is 2. The minimum Gasteiger partial charge on any atom is -0.486 e. The first kappa shape index (κ1) is 19.3. The molecule has 0 saturated carbocycles. The van der Waals surface area contributed by atoms with Crippen LogP contribution in [0, 0.1) is 0 Å². The molecule has 0 aliphatic heterocycles. The van der Waals surface area contributed by atoms with Crippen molar-refractivity contribution in [3.8, 4) is 5.75 Å². The molecule has 1 N–H and O–H groups in total. The Balaban J connectivity index is 1.27. The van der Waals surface area contributed by atoms with Crippen LogP contribution >= 0.6 is 0 Å².